The maximum absolute atomic E-state index is 9.90. The summed E-state index contributed by atoms with van der Waals surface area (Å²) >= 11 is 3.43. The Morgan fingerprint density at radius 3 is 2.65 bits per heavy atom. The summed E-state index contributed by atoms with van der Waals surface area (Å²) in [6.45, 7) is 0.614. The lowest BCUT2D eigenvalue weighted by molar-refractivity contribution is 0.477. The maximum atomic E-state index is 9.90. The molecule has 2 aromatic rings. The highest BCUT2D eigenvalue weighted by molar-refractivity contribution is 9.10. The number of phenols is 1. The second kappa shape index (κ2) is 5.34. The molecule has 2 rings (SSSR count). The highest BCUT2D eigenvalue weighted by atomic mass is 79.9. The minimum absolute atomic E-state index is 0.295. The quantitative estimate of drug-likeness (QED) is 0.911. The van der Waals surface area contributed by atoms with E-state index in [9.17, 15) is 5.11 Å². The Morgan fingerprint density at radius 1 is 1.12 bits per heavy atom. The first-order valence-electron chi connectivity index (χ1n) is 5.48. The van der Waals surface area contributed by atoms with Crippen molar-refractivity contribution < 1.29 is 5.11 Å². The molecule has 0 radical (unpaired) electrons. The van der Waals surface area contributed by atoms with E-state index in [2.05, 4.69) is 15.9 Å². The molecule has 88 valence electrons. The standard InChI is InChI=1S/C14H14BrNO/c15-12-3-1-2-11(9-12)13-8-10(6-7-16)4-5-14(13)17/h1-5,8-9,17H,6-7,16H2. The van der Waals surface area contributed by atoms with E-state index in [0.29, 0.717) is 12.3 Å². The lowest BCUT2D eigenvalue weighted by atomic mass is 10.0. The van der Waals surface area contributed by atoms with Crippen LogP contribution in [0.15, 0.2) is 46.9 Å². The third-order valence-corrected chi connectivity index (χ3v) is 3.12. The smallest absolute Gasteiger partial charge is 0.123 e. The van der Waals surface area contributed by atoms with Gasteiger partial charge in [0.15, 0.2) is 0 Å². The van der Waals surface area contributed by atoms with Gasteiger partial charge in [-0.2, -0.15) is 0 Å². The maximum Gasteiger partial charge on any atom is 0.123 e. The monoisotopic (exact) mass is 291 g/mol. The summed E-state index contributed by atoms with van der Waals surface area (Å²) in [7, 11) is 0. The van der Waals surface area contributed by atoms with E-state index >= 15 is 0 Å². The van der Waals surface area contributed by atoms with Crippen molar-refractivity contribution >= 4 is 15.9 Å². The summed E-state index contributed by atoms with van der Waals surface area (Å²) in [6, 6.07) is 13.5. The van der Waals surface area contributed by atoms with Gasteiger partial charge in [0, 0.05) is 10.0 Å². The van der Waals surface area contributed by atoms with Crippen LogP contribution in [0.5, 0.6) is 5.75 Å². The second-order valence-corrected chi connectivity index (χ2v) is 4.82. The molecule has 3 heteroatoms. The van der Waals surface area contributed by atoms with Crippen LogP contribution in [0.1, 0.15) is 5.56 Å². The zero-order valence-corrected chi connectivity index (χ0v) is 10.9. The molecule has 0 saturated carbocycles. The molecule has 17 heavy (non-hydrogen) atoms. The minimum Gasteiger partial charge on any atom is -0.507 e. The van der Waals surface area contributed by atoms with Crippen molar-refractivity contribution in [2.24, 2.45) is 5.73 Å². The van der Waals surface area contributed by atoms with Gasteiger partial charge in [-0.25, -0.2) is 0 Å². The number of hydrogen-bond donors (Lipinski definition) is 2. The molecule has 0 spiro atoms. The molecule has 0 saturated heterocycles. The molecular weight excluding hydrogens is 278 g/mol. The van der Waals surface area contributed by atoms with Crippen LogP contribution in [0.3, 0.4) is 0 Å². The Hall–Kier alpha value is -1.32. The Kier molecular flexibility index (Phi) is 3.82. The summed E-state index contributed by atoms with van der Waals surface area (Å²) in [4.78, 5) is 0. The molecule has 0 aliphatic carbocycles. The third-order valence-electron chi connectivity index (χ3n) is 2.63. The molecule has 0 fully saturated rings. The Bertz CT molecular complexity index is 525. The third kappa shape index (κ3) is 2.87. The van der Waals surface area contributed by atoms with Crippen molar-refractivity contribution in [3.63, 3.8) is 0 Å². The van der Waals surface area contributed by atoms with Crippen molar-refractivity contribution in [1.82, 2.24) is 0 Å². The topological polar surface area (TPSA) is 46.2 Å². The fourth-order valence-corrected chi connectivity index (χ4v) is 2.19. The highest BCUT2D eigenvalue weighted by Crippen LogP contribution is 2.31. The summed E-state index contributed by atoms with van der Waals surface area (Å²) in [6.07, 6.45) is 0.821. The molecule has 0 aliphatic heterocycles. The fourth-order valence-electron chi connectivity index (χ4n) is 1.79. The minimum atomic E-state index is 0.295. The first-order valence-corrected chi connectivity index (χ1v) is 6.28. The second-order valence-electron chi connectivity index (χ2n) is 3.90. The van der Waals surface area contributed by atoms with E-state index in [-0.39, 0.29) is 0 Å². The normalized spacial score (nSPS) is 10.5. The van der Waals surface area contributed by atoms with Gasteiger partial charge in [0.05, 0.1) is 0 Å². The van der Waals surface area contributed by atoms with E-state index in [4.69, 9.17) is 5.73 Å². The van der Waals surface area contributed by atoms with E-state index in [1.165, 1.54) is 0 Å². The Labute approximate surface area is 109 Å². The number of hydrogen-bond acceptors (Lipinski definition) is 2. The van der Waals surface area contributed by atoms with Crippen LogP contribution in [0.2, 0.25) is 0 Å². The van der Waals surface area contributed by atoms with Crippen LogP contribution in [-0.4, -0.2) is 11.7 Å². The first kappa shape index (κ1) is 12.1. The molecule has 0 unspecified atom stereocenters. The SMILES string of the molecule is NCCc1ccc(O)c(-c2cccc(Br)c2)c1. The number of rotatable bonds is 3. The molecule has 0 amide bonds. The fraction of sp³-hybridized carbons (Fsp3) is 0.143. The number of phenolic OH excluding ortho intramolecular Hbond substituents is 1. The number of halogens is 1. The van der Waals surface area contributed by atoms with E-state index in [1.807, 2.05) is 36.4 Å². The lowest BCUT2D eigenvalue weighted by Crippen LogP contribution is -2.02. The van der Waals surface area contributed by atoms with Gasteiger partial charge in [-0.1, -0.05) is 34.1 Å². The molecule has 0 heterocycles. The predicted molar refractivity (Wildman–Crippen MR) is 74.0 cm³/mol. The summed E-state index contributed by atoms with van der Waals surface area (Å²) < 4.78 is 0.999. The van der Waals surface area contributed by atoms with Crippen LogP contribution >= 0.6 is 15.9 Å². The Balaban J connectivity index is 2.46. The molecule has 0 aromatic heterocycles. The molecule has 0 bridgehead atoms. The first-order chi connectivity index (χ1) is 8.20. The average molecular weight is 292 g/mol. The lowest BCUT2D eigenvalue weighted by Gasteiger charge is -2.08. The van der Waals surface area contributed by atoms with E-state index in [0.717, 1.165) is 27.6 Å². The van der Waals surface area contributed by atoms with Crippen molar-refractivity contribution in [1.29, 1.82) is 0 Å². The van der Waals surface area contributed by atoms with Crippen LogP contribution in [0.25, 0.3) is 11.1 Å². The van der Waals surface area contributed by atoms with Crippen molar-refractivity contribution in [2.45, 2.75) is 6.42 Å². The van der Waals surface area contributed by atoms with Gasteiger partial charge in [-0.05, 0) is 48.4 Å². The molecule has 2 aromatic carbocycles. The number of aromatic hydroxyl groups is 1. The van der Waals surface area contributed by atoms with Gasteiger partial charge < -0.3 is 10.8 Å². The summed E-state index contributed by atoms with van der Waals surface area (Å²) in [5.74, 6) is 0.295. The Morgan fingerprint density at radius 2 is 1.94 bits per heavy atom. The van der Waals surface area contributed by atoms with Gasteiger partial charge in [0.1, 0.15) is 5.75 Å². The largest absolute Gasteiger partial charge is 0.507 e. The van der Waals surface area contributed by atoms with Crippen molar-refractivity contribution in [3.05, 3.63) is 52.5 Å². The van der Waals surface area contributed by atoms with Gasteiger partial charge in [0.25, 0.3) is 0 Å². The van der Waals surface area contributed by atoms with Crippen molar-refractivity contribution in [2.75, 3.05) is 6.54 Å². The molecule has 0 atom stereocenters. The molecule has 0 aliphatic rings. The highest BCUT2D eigenvalue weighted by Gasteiger charge is 2.05. The summed E-state index contributed by atoms with van der Waals surface area (Å²) in [5, 5.41) is 9.90. The molecule has 2 nitrogen and oxygen atoms in total. The van der Waals surface area contributed by atoms with Gasteiger partial charge in [0.2, 0.25) is 0 Å². The van der Waals surface area contributed by atoms with Gasteiger partial charge in [-0.15, -0.1) is 0 Å². The number of benzene rings is 2. The van der Waals surface area contributed by atoms with Crippen molar-refractivity contribution in [3.8, 4) is 16.9 Å². The van der Waals surface area contributed by atoms with Crippen LogP contribution in [0.4, 0.5) is 0 Å². The number of nitrogens with two attached hydrogens (primary N) is 1. The van der Waals surface area contributed by atoms with Gasteiger partial charge in [-0.3, -0.25) is 0 Å². The zero-order chi connectivity index (χ0) is 12.3. The summed E-state index contributed by atoms with van der Waals surface area (Å²) in [5.41, 5.74) is 8.52. The van der Waals surface area contributed by atoms with Crippen LogP contribution in [0, 0.1) is 0 Å². The van der Waals surface area contributed by atoms with Crippen LogP contribution < -0.4 is 5.73 Å². The molecule has 3 N–H and O–H groups in total. The molecular formula is C14H14BrNO. The zero-order valence-electron chi connectivity index (χ0n) is 9.36. The van der Waals surface area contributed by atoms with E-state index < -0.39 is 0 Å². The van der Waals surface area contributed by atoms with E-state index in [1.54, 1.807) is 6.07 Å². The predicted octanol–water partition coefficient (Wildman–Crippen LogP) is 3.32. The van der Waals surface area contributed by atoms with Gasteiger partial charge >= 0.3 is 0 Å². The van der Waals surface area contributed by atoms with Crippen LogP contribution in [-0.2, 0) is 6.42 Å². The average Bonchev–Trinajstić information content (AvgIpc) is 2.32.